The molecule has 1 amide bonds. The molecule has 2 heterocycles. The number of aromatic nitrogens is 3. The van der Waals surface area contributed by atoms with Gasteiger partial charge in [-0.25, -0.2) is 13.9 Å². The van der Waals surface area contributed by atoms with Crippen molar-refractivity contribution in [3.63, 3.8) is 0 Å². The molecule has 0 aliphatic rings. The van der Waals surface area contributed by atoms with E-state index in [-0.39, 0.29) is 11.6 Å². The van der Waals surface area contributed by atoms with E-state index >= 15 is 0 Å². The van der Waals surface area contributed by atoms with Gasteiger partial charge in [-0.3, -0.25) is 4.79 Å². The summed E-state index contributed by atoms with van der Waals surface area (Å²) in [6.45, 7) is 2.06. The van der Waals surface area contributed by atoms with Crippen molar-refractivity contribution in [1.82, 2.24) is 14.6 Å². The van der Waals surface area contributed by atoms with Crippen LogP contribution in [-0.4, -0.2) is 34.7 Å². The van der Waals surface area contributed by atoms with Crippen molar-refractivity contribution < 1.29 is 18.7 Å². The lowest BCUT2D eigenvalue weighted by atomic mass is 10.1. The number of hydrogen-bond donors (Lipinski definition) is 1. The fourth-order valence-electron chi connectivity index (χ4n) is 3.43. The first-order valence-electron chi connectivity index (χ1n) is 9.70. The SMILES string of the molecule is COCc1nn2c(C)c(C(=O)Nc3ccc(F)c(Cl)c3)cnc2c1-c1ccc(OC)cc1. The number of amides is 1. The number of aryl methyl sites for hydroxylation is 1. The van der Waals surface area contributed by atoms with Crippen LogP contribution in [0, 0.1) is 12.7 Å². The van der Waals surface area contributed by atoms with Crippen molar-refractivity contribution >= 4 is 28.8 Å². The minimum Gasteiger partial charge on any atom is -0.497 e. The Hall–Kier alpha value is -3.49. The number of carbonyl (C=O) groups is 1. The first kappa shape index (κ1) is 21.7. The van der Waals surface area contributed by atoms with Crippen molar-refractivity contribution in [1.29, 1.82) is 0 Å². The maximum atomic E-state index is 13.4. The van der Waals surface area contributed by atoms with Gasteiger partial charge in [0.2, 0.25) is 0 Å². The summed E-state index contributed by atoms with van der Waals surface area (Å²) in [6, 6.07) is 11.5. The van der Waals surface area contributed by atoms with Gasteiger partial charge in [-0.1, -0.05) is 23.7 Å². The Balaban J connectivity index is 1.76. The van der Waals surface area contributed by atoms with Crippen LogP contribution in [0.15, 0.2) is 48.7 Å². The minimum atomic E-state index is -0.558. The molecule has 0 radical (unpaired) electrons. The molecule has 2 aromatic carbocycles. The first-order valence-corrected chi connectivity index (χ1v) is 10.1. The van der Waals surface area contributed by atoms with E-state index in [9.17, 15) is 9.18 Å². The highest BCUT2D eigenvalue weighted by molar-refractivity contribution is 6.31. The number of ether oxygens (including phenoxy) is 2. The molecule has 0 bridgehead atoms. The number of nitrogens with one attached hydrogen (secondary N) is 1. The summed E-state index contributed by atoms with van der Waals surface area (Å²) in [5.41, 5.74) is 4.30. The van der Waals surface area contributed by atoms with Crippen molar-refractivity contribution in [3.05, 3.63) is 76.5 Å². The smallest absolute Gasteiger partial charge is 0.259 e. The number of nitrogens with zero attached hydrogens (tertiary/aromatic N) is 3. The topological polar surface area (TPSA) is 77.8 Å². The van der Waals surface area contributed by atoms with Gasteiger partial charge < -0.3 is 14.8 Å². The van der Waals surface area contributed by atoms with Crippen LogP contribution >= 0.6 is 11.6 Å². The Morgan fingerprint density at radius 1 is 1.19 bits per heavy atom. The Bertz CT molecular complexity index is 1310. The number of fused-ring (bicyclic) bond motifs is 1. The number of anilines is 1. The highest BCUT2D eigenvalue weighted by Crippen LogP contribution is 2.30. The summed E-state index contributed by atoms with van der Waals surface area (Å²) in [5.74, 6) is -0.228. The molecule has 9 heteroatoms. The molecule has 0 unspecified atom stereocenters. The number of hydrogen-bond acceptors (Lipinski definition) is 5. The first-order chi connectivity index (χ1) is 15.4. The standard InChI is InChI=1S/C23H20ClFN4O3/c1-13-17(23(30)27-15-6-9-19(25)18(24)10-15)11-26-22-21(20(12-31-2)28-29(13)22)14-4-7-16(32-3)8-5-14/h4-11H,12H2,1-3H3,(H,27,30). The van der Waals surface area contributed by atoms with Crippen molar-refractivity contribution in [2.24, 2.45) is 0 Å². The van der Waals surface area contributed by atoms with Crippen LogP contribution in [-0.2, 0) is 11.3 Å². The molecule has 0 aliphatic heterocycles. The summed E-state index contributed by atoms with van der Waals surface area (Å²) in [6.07, 6.45) is 1.50. The molecular weight excluding hydrogens is 435 g/mol. The van der Waals surface area contributed by atoms with E-state index in [0.29, 0.717) is 28.3 Å². The van der Waals surface area contributed by atoms with Crippen molar-refractivity contribution in [2.45, 2.75) is 13.5 Å². The molecule has 0 atom stereocenters. The summed E-state index contributed by atoms with van der Waals surface area (Å²) >= 11 is 5.81. The van der Waals surface area contributed by atoms with E-state index in [4.69, 9.17) is 21.1 Å². The van der Waals surface area contributed by atoms with Gasteiger partial charge in [0, 0.05) is 19.0 Å². The lowest BCUT2D eigenvalue weighted by Crippen LogP contribution is -2.16. The van der Waals surface area contributed by atoms with E-state index in [1.165, 1.54) is 24.4 Å². The summed E-state index contributed by atoms with van der Waals surface area (Å²) in [4.78, 5) is 17.4. The average molecular weight is 455 g/mol. The second-order valence-electron chi connectivity index (χ2n) is 7.06. The number of rotatable bonds is 6. The summed E-state index contributed by atoms with van der Waals surface area (Å²) in [5, 5.41) is 7.28. The van der Waals surface area contributed by atoms with Crippen LogP contribution in [0.25, 0.3) is 16.8 Å². The molecule has 164 valence electrons. The zero-order valence-corrected chi connectivity index (χ0v) is 18.4. The van der Waals surface area contributed by atoms with Gasteiger partial charge in [-0.2, -0.15) is 5.10 Å². The van der Waals surface area contributed by atoms with Gasteiger partial charge in [-0.15, -0.1) is 0 Å². The fourth-order valence-corrected chi connectivity index (χ4v) is 3.61. The zero-order chi connectivity index (χ0) is 22.8. The lowest BCUT2D eigenvalue weighted by Gasteiger charge is -2.09. The highest BCUT2D eigenvalue weighted by Gasteiger charge is 2.21. The third kappa shape index (κ3) is 4.02. The Labute approximate surface area is 188 Å². The second kappa shape index (κ2) is 8.94. The van der Waals surface area contributed by atoms with Gasteiger partial charge in [0.05, 0.1) is 41.3 Å². The van der Waals surface area contributed by atoms with E-state index < -0.39 is 11.7 Å². The summed E-state index contributed by atoms with van der Waals surface area (Å²) < 4.78 is 25.6. The number of carbonyl (C=O) groups excluding carboxylic acids is 1. The molecule has 0 spiro atoms. The average Bonchev–Trinajstić information content (AvgIpc) is 3.16. The molecule has 0 aliphatic carbocycles. The number of methoxy groups -OCH3 is 2. The zero-order valence-electron chi connectivity index (χ0n) is 17.6. The van der Waals surface area contributed by atoms with Gasteiger partial charge in [0.25, 0.3) is 5.91 Å². The molecule has 0 saturated heterocycles. The molecule has 4 aromatic rings. The quantitative estimate of drug-likeness (QED) is 0.448. The van der Waals surface area contributed by atoms with Gasteiger partial charge in [-0.05, 0) is 42.8 Å². The van der Waals surface area contributed by atoms with E-state index in [0.717, 1.165) is 16.9 Å². The van der Waals surface area contributed by atoms with Gasteiger partial charge in [0.1, 0.15) is 11.6 Å². The fraction of sp³-hybridized carbons (Fsp3) is 0.174. The maximum absolute atomic E-state index is 13.4. The van der Waals surface area contributed by atoms with Crippen molar-refractivity contribution in [2.75, 3.05) is 19.5 Å². The Kier molecular flexibility index (Phi) is 6.07. The number of halogens is 2. The van der Waals surface area contributed by atoms with Crippen LogP contribution in [0.5, 0.6) is 5.75 Å². The number of benzene rings is 2. The van der Waals surface area contributed by atoms with E-state index in [1.807, 2.05) is 24.3 Å². The highest BCUT2D eigenvalue weighted by atomic mass is 35.5. The predicted octanol–water partition coefficient (Wildman–Crippen LogP) is 4.90. The van der Waals surface area contributed by atoms with Crippen LogP contribution in [0.2, 0.25) is 5.02 Å². The Morgan fingerprint density at radius 3 is 2.59 bits per heavy atom. The Morgan fingerprint density at radius 2 is 1.94 bits per heavy atom. The third-order valence-electron chi connectivity index (χ3n) is 5.04. The molecule has 1 N–H and O–H groups in total. The molecule has 0 fully saturated rings. The monoisotopic (exact) mass is 454 g/mol. The molecule has 32 heavy (non-hydrogen) atoms. The van der Waals surface area contributed by atoms with E-state index in [2.05, 4.69) is 15.4 Å². The normalized spacial score (nSPS) is 11.0. The van der Waals surface area contributed by atoms with Crippen LogP contribution < -0.4 is 10.1 Å². The van der Waals surface area contributed by atoms with Crippen LogP contribution in [0.3, 0.4) is 0 Å². The molecular formula is C23H20ClFN4O3. The van der Waals surface area contributed by atoms with Crippen LogP contribution in [0.1, 0.15) is 21.7 Å². The lowest BCUT2D eigenvalue weighted by molar-refractivity contribution is 0.102. The maximum Gasteiger partial charge on any atom is 0.259 e. The van der Waals surface area contributed by atoms with Gasteiger partial charge >= 0.3 is 0 Å². The second-order valence-corrected chi connectivity index (χ2v) is 7.47. The molecule has 7 nitrogen and oxygen atoms in total. The summed E-state index contributed by atoms with van der Waals surface area (Å²) in [7, 11) is 3.20. The molecule has 0 saturated carbocycles. The largest absolute Gasteiger partial charge is 0.497 e. The minimum absolute atomic E-state index is 0.0754. The van der Waals surface area contributed by atoms with E-state index in [1.54, 1.807) is 25.7 Å². The molecule has 2 aromatic heterocycles. The third-order valence-corrected chi connectivity index (χ3v) is 5.33. The molecule has 4 rings (SSSR count). The van der Waals surface area contributed by atoms with Crippen molar-refractivity contribution in [3.8, 4) is 16.9 Å². The van der Waals surface area contributed by atoms with Gasteiger partial charge in [0.15, 0.2) is 5.65 Å². The predicted molar refractivity (Wildman–Crippen MR) is 120 cm³/mol. The van der Waals surface area contributed by atoms with Crippen LogP contribution in [0.4, 0.5) is 10.1 Å².